The number of amides is 1. The summed E-state index contributed by atoms with van der Waals surface area (Å²) in [6, 6.07) is 6.01. The van der Waals surface area contributed by atoms with E-state index in [0.717, 1.165) is 4.68 Å². The van der Waals surface area contributed by atoms with Gasteiger partial charge < -0.3 is 10.1 Å². The summed E-state index contributed by atoms with van der Waals surface area (Å²) < 4.78 is 5.66. The van der Waals surface area contributed by atoms with E-state index in [1.165, 1.54) is 7.11 Å². The molecule has 0 aliphatic heterocycles. The summed E-state index contributed by atoms with van der Waals surface area (Å²) in [4.78, 5) is 36.1. The number of benzene rings is 1. The maximum atomic E-state index is 12.3. The molecule has 1 N–H and O–H groups in total. The third kappa shape index (κ3) is 4.31. The van der Waals surface area contributed by atoms with Crippen molar-refractivity contribution in [2.45, 2.75) is 19.0 Å². The normalized spacial score (nSPS) is 11.9. The van der Waals surface area contributed by atoms with Crippen LogP contribution in [0.15, 0.2) is 29.1 Å². The van der Waals surface area contributed by atoms with Crippen LogP contribution in [0.5, 0.6) is 0 Å². The van der Waals surface area contributed by atoms with Crippen LogP contribution < -0.4 is 10.9 Å². The molecule has 0 saturated carbocycles. The highest BCUT2D eigenvalue weighted by atomic mass is 32.2. The van der Waals surface area contributed by atoms with Crippen molar-refractivity contribution in [3.05, 3.63) is 34.6 Å². The third-order valence-corrected chi connectivity index (χ3v) is 4.00. The highest BCUT2D eigenvalue weighted by Gasteiger charge is 2.21. The minimum atomic E-state index is -0.751. The van der Waals surface area contributed by atoms with Gasteiger partial charge in [-0.2, -0.15) is 11.8 Å². The molecule has 0 radical (unpaired) electrons. The third-order valence-electron chi connectivity index (χ3n) is 3.35. The Morgan fingerprint density at radius 2 is 2.12 bits per heavy atom. The number of ether oxygens (including phenoxy) is 1. The minimum Gasteiger partial charge on any atom is -0.467 e. The molecule has 0 aliphatic rings. The van der Waals surface area contributed by atoms with Gasteiger partial charge in [-0.1, -0.05) is 17.3 Å². The molecule has 0 bridgehead atoms. The molecule has 1 aromatic heterocycles. The average Bonchev–Trinajstić information content (AvgIpc) is 2.60. The monoisotopic (exact) mass is 350 g/mol. The number of esters is 1. The summed E-state index contributed by atoms with van der Waals surface area (Å²) >= 11 is 1.56. The van der Waals surface area contributed by atoms with Crippen LogP contribution in [-0.4, -0.2) is 52.0 Å². The van der Waals surface area contributed by atoms with Crippen molar-refractivity contribution in [2.75, 3.05) is 19.1 Å². The van der Waals surface area contributed by atoms with Crippen LogP contribution in [0.4, 0.5) is 0 Å². The summed E-state index contributed by atoms with van der Waals surface area (Å²) in [5.74, 6) is -0.331. The molecule has 0 fully saturated rings. The number of nitrogens with one attached hydrogen (secondary N) is 1. The first kappa shape index (κ1) is 17.9. The van der Waals surface area contributed by atoms with E-state index in [0.29, 0.717) is 23.1 Å². The highest BCUT2D eigenvalue weighted by molar-refractivity contribution is 7.98. The summed E-state index contributed by atoms with van der Waals surface area (Å²) in [7, 11) is 1.26. The molecule has 1 unspecified atom stereocenters. The van der Waals surface area contributed by atoms with Crippen molar-refractivity contribution in [2.24, 2.45) is 0 Å². The molecule has 128 valence electrons. The first-order valence-corrected chi connectivity index (χ1v) is 8.65. The smallest absolute Gasteiger partial charge is 0.328 e. The van der Waals surface area contributed by atoms with Gasteiger partial charge in [-0.15, -0.1) is 5.10 Å². The van der Waals surface area contributed by atoms with Crippen molar-refractivity contribution in [3.63, 3.8) is 0 Å². The zero-order chi connectivity index (χ0) is 17.5. The Morgan fingerprint density at radius 3 is 2.83 bits per heavy atom. The van der Waals surface area contributed by atoms with E-state index in [1.807, 2.05) is 6.26 Å². The molecule has 1 aromatic carbocycles. The molecular weight excluding hydrogens is 332 g/mol. The van der Waals surface area contributed by atoms with Crippen molar-refractivity contribution in [3.8, 4) is 0 Å². The quantitative estimate of drug-likeness (QED) is 0.712. The Bertz CT molecular complexity index is 792. The predicted octanol–water partition coefficient (Wildman–Crippen LogP) is 0.202. The molecule has 2 rings (SSSR count). The zero-order valence-corrected chi connectivity index (χ0v) is 14.2. The highest BCUT2D eigenvalue weighted by Crippen LogP contribution is 2.04. The number of carbonyl (C=O) groups is 2. The van der Waals surface area contributed by atoms with Gasteiger partial charge in [0.05, 0.1) is 12.5 Å². The van der Waals surface area contributed by atoms with E-state index in [9.17, 15) is 14.4 Å². The Labute approximate surface area is 142 Å². The van der Waals surface area contributed by atoms with E-state index in [4.69, 9.17) is 0 Å². The van der Waals surface area contributed by atoms with Gasteiger partial charge in [-0.25, -0.2) is 9.48 Å². The second-order valence-corrected chi connectivity index (χ2v) is 5.98. The van der Waals surface area contributed by atoms with Gasteiger partial charge >= 0.3 is 5.97 Å². The fourth-order valence-corrected chi connectivity index (χ4v) is 2.60. The largest absolute Gasteiger partial charge is 0.467 e. The number of thioether (sulfide) groups is 1. The van der Waals surface area contributed by atoms with Gasteiger partial charge in [0.25, 0.3) is 5.56 Å². The van der Waals surface area contributed by atoms with E-state index in [2.05, 4.69) is 20.4 Å². The first-order chi connectivity index (χ1) is 11.6. The van der Waals surface area contributed by atoms with E-state index < -0.39 is 23.5 Å². The Kier molecular flexibility index (Phi) is 6.30. The molecule has 2 aromatic rings. The Hall–Kier alpha value is -2.42. The molecule has 9 heteroatoms. The molecule has 8 nitrogen and oxygen atoms in total. The van der Waals surface area contributed by atoms with Crippen molar-refractivity contribution in [1.82, 2.24) is 20.3 Å². The molecule has 24 heavy (non-hydrogen) atoms. The van der Waals surface area contributed by atoms with Crippen LogP contribution in [0.25, 0.3) is 10.9 Å². The number of hydrogen-bond acceptors (Lipinski definition) is 7. The maximum Gasteiger partial charge on any atom is 0.328 e. The molecule has 0 saturated heterocycles. The average molecular weight is 350 g/mol. The van der Waals surface area contributed by atoms with Crippen molar-refractivity contribution in [1.29, 1.82) is 0 Å². The molecule has 0 aliphatic carbocycles. The first-order valence-electron chi connectivity index (χ1n) is 7.25. The molecular formula is C15H18N4O4S. The van der Waals surface area contributed by atoms with Crippen molar-refractivity contribution >= 4 is 34.5 Å². The fourth-order valence-electron chi connectivity index (χ4n) is 2.13. The summed E-state index contributed by atoms with van der Waals surface area (Å²) in [6.45, 7) is -0.316. The van der Waals surface area contributed by atoms with Crippen LogP contribution in [0.1, 0.15) is 6.42 Å². The van der Waals surface area contributed by atoms with Gasteiger partial charge in [-0.05, 0) is 30.6 Å². The fraction of sp³-hybridized carbons (Fsp3) is 0.400. The van der Waals surface area contributed by atoms with Crippen LogP contribution in [0.3, 0.4) is 0 Å². The van der Waals surface area contributed by atoms with E-state index >= 15 is 0 Å². The number of rotatable bonds is 7. The van der Waals surface area contributed by atoms with Gasteiger partial charge in [0, 0.05) is 0 Å². The standard InChI is InChI=1S/C15H18N4O4S/c1-23-15(22)12(7-8-24-2)16-13(20)9-19-14(21)10-5-3-4-6-11(10)17-18-19/h3-6,12H,7-9H2,1-2H3,(H,16,20). The number of carbonyl (C=O) groups excluding carboxylic acids is 2. The molecule has 0 spiro atoms. The molecule has 1 atom stereocenters. The van der Waals surface area contributed by atoms with Crippen LogP contribution >= 0.6 is 11.8 Å². The predicted molar refractivity (Wildman–Crippen MR) is 90.7 cm³/mol. The topological polar surface area (TPSA) is 103 Å². The van der Waals surface area contributed by atoms with Crippen LogP contribution in [0, 0.1) is 0 Å². The van der Waals surface area contributed by atoms with Gasteiger partial charge in [0.1, 0.15) is 18.1 Å². The Balaban J connectivity index is 2.12. The summed E-state index contributed by atoms with van der Waals surface area (Å²) in [6.07, 6.45) is 2.35. The van der Waals surface area contributed by atoms with E-state index in [-0.39, 0.29) is 6.54 Å². The van der Waals surface area contributed by atoms with Gasteiger partial charge in [0.2, 0.25) is 5.91 Å². The number of aromatic nitrogens is 3. The SMILES string of the molecule is COC(=O)C(CCSC)NC(=O)Cn1nnc2ccccc2c1=O. The molecule has 1 amide bonds. The second-order valence-electron chi connectivity index (χ2n) is 4.99. The lowest BCUT2D eigenvalue weighted by Crippen LogP contribution is -2.44. The molecule has 1 heterocycles. The van der Waals surface area contributed by atoms with Crippen LogP contribution in [0.2, 0.25) is 0 Å². The minimum absolute atomic E-state index is 0.316. The van der Waals surface area contributed by atoms with E-state index in [1.54, 1.807) is 36.0 Å². The summed E-state index contributed by atoms with van der Waals surface area (Å²) in [5, 5.41) is 10.6. The summed E-state index contributed by atoms with van der Waals surface area (Å²) in [5.41, 5.74) is 0.0565. The lowest BCUT2D eigenvalue weighted by molar-refractivity contribution is -0.145. The number of methoxy groups -OCH3 is 1. The van der Waals surface area contributed by atoms with Gasteiger partial charge in [-0.3, -0.25) is 9.59 Å². The second kappa shape index (κ2) is 8.44. The lowest BCUT2D eigenvalue weighted by atomic mass is 10.2. The van der Waals surface area contributed by atoms with Crippen molar-refractivity contribution < 1.29 is 14.3 Å². The lowest BCUT2D eigenvalue weighted by Gasteiger charge is -2.16. The van der Waals surface area contributed by atoms with Crippen LogP contribution in [-0.2, 0) is 20.9 Å². The number of hydrogen-bond donors (Lipinski definition) is 1. The zero-order valence-electron chi connectivity index (χ0n) is 13.4. The number of fused-ring (bicyclic) bond motifs is 1. The number of nitrogens with zero attached hydrogens (tertiary/aromatic N) is 3. The Morgan fingerprint density at radius 1 is 1.38 bits per heavy atom. The maximum absolute atomic E-state index is 12.3. The van der Waals surface area contributed by atoms with Gasteiger partial charge in [0.15, 0.2) is 0 Å².